The van der Waals surface area contributed by atoms with Crippen LogP contribution in [0.1, 0.15) is 18.1 Å². The Morgan fingerprint density at radius 1 is 1.03 bits per heavy atom. The third-order valence-corrected chi connectivity index (χ3v) is 6.10. The van der Waals surface area contributed by atoms with E-state index in [0.717, 1.165) is 6.07 Å². The molecule has 0 spiro atoms. The average Bonchev–Trinajstić information content (AvgIpc) is 2.82. The molecule has 3 aromatic rings. The monoisotopic (exact) mass is 615 g/mol. The van der Waals surface area contributed by atoms with Gasteiger partial charge in [0.2, 0.25) is 0 Å². The summed E-state index contributed by atoms with van der Waals surface area (Å²) in [5, 5.41) is 6.86. The number of nitrogens with zero attached hydrogens (tertiary/aromatic N) is 1. The van der Waals surface area contributed by atoms with Gasteiger partial charge in [-0.15, -0.1) is 0 Å². The lowest BCUT2D eigenvalue weighted by molar-refractivity contribution is -0.136. The predicted octanol–water partition coefficient (Wildman–Crippen LogP) is 6.61. The smallest absolute Gasteiger partial charge is 0.329 e. The highest BCUT2D eigenvalue weighted by molar-refractivity contribution is 9.10. The number of hydrazone groups is 1. The van der Waals surface area contributed by atoms with Crippen molar-refractivity contribution in [2.75, 3.05) is 11.9 Å². The highest BCUT2D eigenvalue weighted by Gasteiger charge is 2.16. The van der Waals surface area contributed by atoms with Crippen LogP contribution in [-0.4, -0.2) is 24.6 Å². The number of ether oxygens (including phenoxy) is 2. The van der Waals surface area contributed by atoms with Gasteiger partial charge in [-0.25, -0.2) is 9.82 Å². The zero-order valence-corrected chi connectivity index (χ0v) is 22.4. The fourth-order valence-electron chi connectivity index (χ4n) is 2.86. The first kappa shape index (κ1) is 27.7. The number of rotatable bonds is 8. The van der Waals surface area contributed by atoms with Crippen LogP contribution in [0.3, 0.4) is 0 Å². The molecule has 0 radical (unpaired) electrons. The van der Waals surface area contributed by atoms with Crippen LogP contribution in [-0.2, 0) is 16.2 Å². The number of halogens is 5. The van der Waals surface area contributed by atoms with Crippen LogP contribution < -0.4 is 20.2 Å². The number of nitrogens with one attached hydrogen (secondary N) is 2. The van der Waals surface area contributed by atoms with Gasteiger partial charge in [0.25, 0.3) is 0 Å². The van der Waals surface area contributed by atoms with Gasteiger partial charge in [-0.1, -0.05) is 40.9 Å². The van der Waals surface area contributed by atoms with E-state index < -0.39 is 17.6 Å². The Balaban J connectivity index is 1.68. The lowest BCUT2D eigenvalue weighted by Crippen LogP contribution is -2.32. The zero-order chi connectivity index (χ0) is 26.2. The standard InChI is InChI=1S/C24H18BrCl3FN3O4/c1-2-35-21-9-13(8-16(25)22(21)36-12-15-17(26)4-3-5-18(15)27)11-30-32-24(34)23(33)31-14-6-7-20(29)19(28)10-14/h3-11H,2,12H2,1H3,(H,31,33)(H,32,34)/b30-11+. The van der Waals surface area contributed by atoms with E-state index in [1.54, 1.807) is 30.3 Å². The minimum absolute atomic E-state index is 0.106. The largest absolute Gasteiger partial charge is 0.490 e. The molecule has 0 bridgehead atoms. The molecule has 0 saturated carbocycles. The summed E-state index contributed by atoms with van der Waals surface area (Å²) in [4.78, 5) is 24.1. The first-order valence-corrected chi connectivity index (χ1v) is 12.2. The average molecular weight is 618 g/mol. The SMILES string of the molecule is CCOc1cc(/C=N/NC(=O)C(=O)Nc2ccc(F)c(Cl)c2)cc(Br)c1OCc1c(Cl)cccc1Cl. The van der Waals surface area contributed by atoms with Crippen molar-refractivity contribution >= 4 is 74.4 Å². The fraction of sp³-hybridized carbons (Fsp3) is 0.125. The van der Waals surface area contributed by atoms with Gasteiger partial charge in [-0.05, 0) is 70.9 Å². The fourth-order valence-corrected chi connectivity index (χ4v) is 4.12. The van der Waals surface area contributed by atoms with E-state index in [9.17, 15) is 14.0 Å². The third-order valence-electron chi connectivity index (χ3n) is 4.52. The van der Waals surface area contributed by atoms with Crippen molar-refractivity contribution in [2.24, 2.45) is 5.10 Å². The Morgan fingerprint density at radius 3 is 2.42 bits per heavy atom. The molecule has 0 unspecified atom stereocenters. The molecule has 2 amide bonds. The number of hydrogen-bond donors (Lipinski definition) is 2. The predicted molar refractivity (Wildman–Crippen MR) is 142 cm³/mol. The second-order valence-electron chi connectivity index (χ2n) is 7.03. The minimum Gasteiger partial charge on any atom is -0.490 e. The summed E-state index contributed by atoms with van der Waals surface area (Å²) in [6.45, 7) is 2.28. The molecule has 0 aliphatic carbocycles. The van der Waals surface area contributed by atoms with E-state index in [1.807, 2.05) is 6.92 Å². The summed E-state index contributed by atoms with van der Waals surface area (Å²) in [5.74, 6) is -1.86. The van der Waals surface area contributed by atoms with Crippen LogP contribution in [0, 0.1) is 5.82 Å². The molecule has 36 heavy (non-hydrogen) atoms. The van der Waals surface area contributed by atoms with Crippen molar-refractivity contribution in [2.45, 2.75) is 13.5 Å². The lowest BCUT2D eigenvalue weighted by Gasteiger charge is -2.15. The van der Waals surface area contributed by atoms with Crippen molar-refractivity contribution in [1.82, 2.24) is 5.43 Å². The summed E-state index contributed by atoms with van der Waals surface area (Å²) in [6.07, 6.45) is 1.32. The van der Waals surface area contributed by atoms with Crippen molar-refractivity contribution in [3.63, 3.8) is 0 Å². The molecule has 7 nitrogen and oxygen atoms in total. The Kier molecular flexibility index (Phi) is 9.95. The number of benzene rings is 3. The molecule has 0 aliphatic rings. The molecule has 0 saturated heterocycles. The topological polar surface area (TPSA) is 89.0 Å². The summed E-state index contributed by atoms with van der Waals surface area (Å²) in [6, 6.07) is 12.0. The second-order valence-corrected chi connectivity index (χ2v) is 9.11. The number of amides is 2. The molecular weight excluding hydrogens is 600 g/mol. The Morgan fingerprint density at radius 2 is 1.75 bits per heavy atom. The molecular formula is C24H18BrCl3FN3O4. The molecule has 3 rings (SSSR count). The molecule has 3 aromatic carbocycles. The molecule has 0 fully saturated rings. The highest BCUT2D eigenvalue weighted by Crippen LogP contribution is 2.38. The van der Waals surface area contributed by atoms with Crippen LogP contribution in [0.5, 0.6) is 11.5 Å². The molecule has 0 aliphatic heterocycles. The summed E-state index contributed by atoms with van der Waals surface area (Å²) >= 11 is 21.5. The van der Waals surface area contributed by atoms with E-state index >= 15 is 0 Å². The van der Waals surface area contributed by atoms with Crippen LogP contribution in [0.15, 0.2) is 58.1 Å². The Labute approximate surface area is 229 Å². The number of carbonyl (C=O) groups is 2. The van der Waals surface area contributed by atoms with Crippen molar-refractivity contribution in [1.29, 1.82) is 0 Å². The normalized spacial score (nSPS) is 10.8. The third kappa shape index (κ3) is 7.33. The molecule has 0 atom stereocenters. The molecule has 0 aromatic heterocycles. The first-order chi connectivity index (χ1) is 17.2. The van der Waals surface area contributed by atoms with E-state index in [2.05, 4.69) is 31.8 Å². The molecule has 0 heterocycles. The quantitative estimate of drug-likeness (QED) is 0.169. The van der Waals surface area contributed by atoms with Gasteiger partial charge in [0.1, 0.15) is 12.4 Å². The Hall–Kier alpha value is -2.85. The van der Waals surface area contributed by atoms with Gasteiger partial charge in [0.15, 0.2) is 11.5 Å². The summed E-state index contributed by atoms with van der Waals surface area (Å²) in [5.41, 5.74) is 3.44. The molecule has 12 heteroatoms. The maximum Gasteiger partial charge on any atom is 0.329 e. The van der Waals surface area contributed by atoms with Gasteiger partial charge in [-0.2, -0.15) is 5.10 Å². The van der Waals surface area contributed by atoms with Crippen molar-refractivity contribution in [3.05, 3.63) is 85.0 Å². The maximum absolute atomic E-state index is 13.2. The second kappa shape index (κ2) is 12.9. The lowest BCUT2D eigenvalue weighted by atomic mass is 10.2. The number of anilines is 1. The minimum atomic E-state index is -1.03. The van der Waals surface area contributed by atoms with Gasteiger partial charge in [0, 0.05) is 21.3 Å². The van der Waals surface area contributed by atoms with Gasteiger partial charge in [0.05, 0.1) is 22.3 Å². The van der Waals surface area contributed by atoms with E-state index in [4.69, 9.17) is 44.3 Å². The number of carbonyl (C=O) groups excluding carboxylic acids is 2. The van der Waals surface area contributed by atoms with Crippen LogP contribution in [0.25, 0.3) is 0 Å². The van der Waals surface area contributed by atoms with Crippen molar-refractivity contribution in [3.8, 4) is 11.5 Å². The summed E-state index contributed by atoms with van der Waals surface area (Å²) in [7, 11) is 0. The van der Waals surface area contributed by atoms with E-state index in [1.165, 1.54) is 18.3 Å². The highest BCUT2D eigenvalue weighted by atomic mass is 79.9. The van der Waals surface area contributed by atoms with Crippen LogP contribution in [0.4, 0.5) is 10.1 Å². The first-order valence-electron chi connectivity index (χ1n) is 10.3. The zero-order valence-electron chi connectivity index (χ0n) is 18.6. The van der Waals surface area contributed by atoms with E-state index in [0.29, 0.717) is 43.8 Å². The van der Waals surface area contributed by atoms with Crippen LogP contribution >= 0.6 is 50.7 Å². The van der Waals surface area contributed by atoms with E-state index in [-0.39, 0.29) is 17.3 Å². The molecule has 188 valence electrons. The van der Waals surface area contributed by atoms with Gasteiger partial charge in [-0.3, -0.25) is 9.59 Å². The number of hydrogen-bond acceptors (Lipinski definition) is 5. The Bertz CT molecular complexity index is 1300. The van der Waals surface area contributed by atoms with Crippen LogP contribution in [0.2, 0.25) is 15.1 Å². The summed E-state index contributed by atoms with van der Waals surface area (Å²) < 4.78 is 25.4. The van der Waals surface area contributed by atoms with Gasteiger partial charge < -0.3 is 14.8 Å². The molecule has 2 N–H and O–H groups in total. The maximum atomic E-state index is 13.2. The van der Waals surface area contributed by atoms with Gasteiger partial charge >= 0.3 is 11.8 Å². The van der Waals surface area contributed by atoms with Crippen molar-refractivity contribution < 1.29 is 23.5 Å².